The largest absolute Gasteiger partial charge is 0.208 e. The van der Waals surface area contributed by atoms with E-state index in [0.717, 1.165) is 33.4 Å². The van der Waals surface area contributed by atoms with Crippen molar-refractivity contribution in [2.24, 2.45) is 0 Å². The number of benzene rings is 6. The number of hydrogen-bond donors (Lipinski definition) is 0. The highest BCUT2D eigenvalue weighted by Crippen LogP contribution is 2.57. The molecule has 0 aliphatic heterocycles. The van der Waals surface area contributed by atoms with Crippen LogP contribution in [-0.4, -0.2) is 15.0 Å². The average Bonchev–Trinajstić information content (AvgIpc) is 3.76. The van der Waals surface area contributed by atoms with Gasteiger partial charge in [0.15, 0.2) is 17.5 Å². The first-order chi connectivity index (χ1) is 23.3. The fraction of sp³-hybridized carbons (Fsp3) is 0.114. The van der Waals surface area contributed by atoms with Crippen LogP contribution < -0.4 is 0 Å². The minimum Gasteiger partial charge on any atom is -0.208 e. The molecule has 6 aromatic carbocycles. The van der Waals surface area contributed by atoms with E-state index in [0.29, 0.717) is 17.5 Å². The molecule has 9 rings (SSSR count). The van der Waals surface area contributed by atoms with Gasteiger partial charge in [-0.2, -0.15) is 0 Å². The SMILES string of the molecule is c1ccc(-c2nc(-c3ccccc3)nc(-c3cc(-c4ccc5c(c4)C4(CCCC4)c4ccccc4-5)ccc3-c3ccccc3)n2)cc1. The van der Waals surface area contributed by atoms with Crippen molar-refractivity contribution in [3.63, 3.8) is 0 Å². The van der Waals surface area contributed by atoms with Crippen molar-refractivity contribution in [2.45, 2.75) is 31.1 Å². The molecular weight excluding hydrogens is 571 g/mol. The van der Waals surface area contributed by atoms with Crippen LogP contribution in [0.4, 0.5) is 0 Å². The second-order valence-electron chi connectivity index (χ2n) is 12.8. The number of hydrogen-bond acceptors (Lipinski definition) is 3. The molecule has 1 spiro atoms. The molecule has 224 valence electrons. The van der Waals surface area contributed by atoms with Crippen molar-refractivity contribution in [1.82, 2.24) is 15.0 Å². The van der Waals surface area contributed by atoms with Gasteiger partial charge in [0.05, 0.1) is 0 Å². The minimum absolute atomic E-state index is 0.123. The van der Waals surface area contributed by atoms with E-state index in [4.69, 9.17) is 15.0 Å². The van der Waals surface area contributed by atoms with Gasteiger partial charge in [-0.1, -0.05) is 152 Å². The molecule has 3 nitrogen and oxygen atoms in total. The number of fused-ring (bicyclic) bond motifs is 5. The first-order valence-electron chi connectivity index (χ1n) is 16.6. The lowest BCUT2D eigenvalue weighted by molar-refractivity contribution is 0.550. The zero-order valence-electron chi connectivity index (χ0n) is 26.1. The molecule has 2 aliphatic rings. The van der Waals surface area contributed by atoms with Gasteiger partial charge in [-0.15, -0.1) is 0 Å². The Bertz CT molecular complexity index is 2180. The molecule has 0 bridgehead atoms. The predicted octanol–water partition coefficient (Wildman–Crippen LogP) is 11.0. The Balaban J connectivity index is 1.25. The molecule has 1 saturated carbocycles. The summed E-state index contributed by atoms with van der Waals surface area (Å²) < 4.78 is 0. The van der Waals surface area contributed by atoms with Crippen LogP contribution in [0.15, 0.2) is 152 Å². The molecule has 2 aliphatic carbocycles. The van der Waals surface area contributed by atoms with Gasteiger partial charge < -0.3 is 0 Å². The molecule has 1 aromatic heterocycles. The van der Waals surface area contributed by atoms with Crippen molar-refractivity contribution in [1.29, 1.82) is 0 Å². The summed E-state index contributed by atoms with van der Waals surface area (Å²) >= 11 is 0. The topological polar surface area (TPSA) is 38.7 Å². The molecule has 0 N–H and O–H groups in total. The fourth-order valence-electron chi connectivity index (χ4n) is 7.86. The predicted molar refractivity (Wildman–Crippen MR) is 192 cm³/mol. The summed E-state index contributed by atoms with van der Waals surface area (Å²) in [5.41, 5.74) is 13.5. The van der Waals surface area contributed by atoms with Gasteiger partial charge in [0, 0.05) is 22.1 Å². The number of rotatable bonds is 5. The maximum atomic E-state index is 5.14. The molecule has 1 fully saturated rings. The maximum absolute atomic E-state index is 5.14. The van der Waals surface area contributed by atoms with E-state index < -0.39 is 0 Å². The molecule has 0 amide bonds. The van der Waals surface area contributed by atoms with Gasteiger partial charge in [-0.05, 0) is 69.5 Å². The number of aromatic nitrogens is 3. The van der Waals surface area contributed by atoms with Crippen LogP contribution in [0.25, 0.3) is 67.5 Å². The van der Waals surface area contributed by atoms with Crippen molar-refractivity contribution < 1.29 is 0 Å². The highest BCUT2D eigenvalue weighted by atomic mass is 15.0. The van der Waals surface area contributed by atoms with Gasteiger partial charge in [0.1, 0.15) is 0 Å². The molecule has 3 heteroatoms. The second-order valence-corrected chi connectivity index (χ2v) is 12.8. The van der Waals surface area contributed by atoms with Crippen LogP contribution >= 0.6 is 0 Å². The van der Waals surface area contributed by atoms with Gasteiger partial charge in [0.2, 0.25) is 0 Å². The Kier molecular flexibility index (Phi) is 6.64. The average molecular weight is 604 g/mol. The second kappa shape index (κ2) is 11.3. The first kappa shape index (κ1) is 27.6. The first-order valence-corrected chi connectivity index (χ1v) is 16.6. The van der Waals surface area contributed by atoms with Crippen LogP contribution in [0.1, 0.15) is 36.8 Å². The normalized spacial score (nSPS) is 14.2. The summed E-state index contributed by atoms with van der Waals surface area (Å²) in [7, 11) is 0. The summed E-state index contributed by atoms with van der Waals surface area (Å²) in [4.78, 5) is 15.2. The highest BCUT2D eigenvalue weighted by molar-refractivity contribution is 5.88. The summed E-state index contributed by atoms with van der Waals surface area (Å²) in [5, 5.41) is 0. The standard InChI is InChI=1S/C44H33N3/c1-4-14-30(15-5-1)35-24-22-33(34-23-25-37-36-20-10-11-21-39(36)44(40(37)29-34)26-12-13-27-44)28-38(35)43-46-41(31-16-6-2-7-17-31)45-42(47-43)32-18-8-3-9-19-32/h1-11,14-25,28-29H,12-13,26-27H2. The highest BCUT2D eigenvalue weighted by Gasteiger charge is 2.44. The van der Waals surface area contributed by atoms with Crippen molar-refractivity contribution in [3.8, 4) is 67.5 Å². The zero-order chi connectivity index (χ0) is 31.2. The summed E-state index contributed by atoms with van der Waals surface area (Å²) in [6, 6.07) is 53.9. The van der Waals surface area contributed by atoms with E-state index in [1.165, 1.54) is 53.5 Å². The van der Waals surface area contributed by atoms with Gasteiger partial charge >= 0.3 is 0 Å². The molecule has 0 unspecified atom stereocenters. The summed E-state index contributed by atoms with van der Waals surface area (Å²) in [6.07, 6.45) is 4.99. The van der Waals surface area contributed by atoms with E-state index in [9.17, 15) is 0 Å². The molecule has 7 aromatic rings. The lowest BCUT2D eigenvalue weighted by atomic mass is 9.76. The van der Waals surface area contributed by atoms with Crippen LogP contribution in [0.3, 0.4) is 0 Å². The molecule has 47 heavy (non-hydrogen) atoms. The van der Waals surface area contributed by atoms with Crippen LogP contribution in [0.5, 0.6) is 0 Å². The summed E-state index contributed by atoms with van der Waals surface area (Å²) in [6.45, 7) is 0. The third kappa shape index (κ3) is 4.70. The van der Waals surface area contributed by atoms with E-state index in [2.05, 4.69) is 115 Å². The quantitative estimate of drug-likeness (QED) is 0.196. The monoisotopic (exact) mass is 603 g/mol. The molecular formula is C44H33N3. The van der Waals surface area contributed by atoms with Crippen molar-refractivity contribution >= 4 is 0 Å². The summed E-state index contributed by atoms with van der Waals surface area (Å²) in [5.74, 6) is 1.99. The lowest BCUT2D eigenvalue weighted by Crippen LogP contribution is -2.20. The van der Waals surface area contributed by atoms with E-state index >= 15 is 0 Å². The Morgan fingerprint density at radius 2 is 0.830 bits per heavy atom. The fourth-order valence-corrected chi connectivity index (χ4v) is 7.86. The van der Waals surface area contributed by atoms with E-state index in [1.54, 1.807) is 0 Å². The Morgan fingerprint density at radius 1 is 0.340 bits per heavy atom. The Morgan fingerprint density at radius 3 is 1.47 bits per heavy atom. The lowest BCUT2D eigenvalue weighted by Gasteiger charge is -2.27. The van der Waals surface area contributed by atoms with Crippen LogP contribution in [-0.2, 0) is 5.41 Å². The molecule has 0 saturated heterocycles. The van der Waals surface area contributed by atoms with Crippen molar-refractivity contribution in [2.75, 3.05) is 0 Å². The Labute approximate surface area is 275 Å². The molecule has 0 radical (unpaired) electrons. The Hall–Kier alpha value is -5.67. The van der Waals surface area contributed by atoms with Crippen molar-refractivity contribution in [3.05, 3.63) is 163 Å². The van der Waals surface area contributed by atoms with Crippen LogP contribution in [0, 0.1) is 0 Å². The zero-order valence-corrected chi connectivity index (χ0v) is 26.1. The third-order valence-corrected chi connectivity index (χ3v) is 10.1. The van der Waals surface area contributed by atoms with Gasteiger partial charge in [0.25, 0.3) is 0 Å². The van der Waals surface area contributed by atoms with Gasteiger partial charge in [-0.25, -0.2) is 15.0 Å². The smallest absolute Gasteiger partial charge is 0.164 e. The third-order valence-electron chi connectivity index (χ3n) is 10.1. The molecule has 0 atom stereocenters. The maximum Gasteiger partial charge on any atom is 0.164 e. The van der Waals surface area contributed by atoms with Gasteiger partial charge in [-0.3, -0.25) is 0 Å². The molecule has 1 heterocycles. The van der Waals surface area contributed by atoms with Crippen LogP contribution in [0.2, 0.25) is 0 Å². The minimum atomic E-state index is 0.123. The van der Waals surface area contributed by atoms with E-state index in [-0.39, 0.29) is 5.41 Å². The van der Waals surface area contributed by atoms with E-state index in [1.807, 2.05) is 36.4 Å². The number of nitrogens with zero attached hydrogens (tertiary/aromatic N) is 3.